The van der Waals surface area contributed by atoms with Gasteiger partial charge >= 0.3 is 0 Å². The van der Waals surface area contributed by atoms with Crippen LogP contribution in [0.15, 0.2) is 0 Å². The van der Waals surface area contributed by atoms with Gasteiger partial charge in [0.25, 0.3) is 0 Å². The zero-order chi connectivity index (χ0) is 21.3. The van der Waals surface area contributed by atoms with Crippen molar-refractivity contribution in [3.05, 3.63) is 0 Å². The smallest absolute Gasteiger partial charge is 0.0906 e. The van der Waals surface area contributed by atoms with Crippen molar-refractivity contribution in [1.29, 1.82) is 10.5 Å². The SMILES string of the molecule is CC(C)[NH+](CCC#N)C(C)C.CC(C)[NH+](CCC#N)C(C)C.NP([O-])[O-].[Cl-].[Cl-]. The number of nitriles is 2. The second kappa shape index (κ2) is 24.8. The Balaban J connectivity index is -0.0000000998. The van der Waals surface area contributed by atoms with Crippen molar-refractivity contribution in [3.63, 3.8) is 0 Å². The average molecular weight is 460 g/mol. The molecular weight excluding hydrogens is 420 g/mol. The highest BCUT2D eigenvalue weighted by atomic mass is 35.5. The van der Waals surface area contributed by atoms with Gasteiger partial charge < -0.3 is 49.9 Å². The minimum absolute atomic E-state index is 0. The first-order chi connectivity index (χ1) is 11.9. The molecule has 0 bridgehead atoms. The molecule has 0 aromatic heterocycles. The maximum atomic E-state index is 8.81. The number of hydrogen-bond donors (Lipinski definition) is 3. The van der Waals surface area contributed by atoms with E-state index in [0.29, 0.717) is 37.0 Å². The first kappa shape index (κ1) is 38.4. The number of nitrogens with one attached hydrogen (secondary N) is 2. The lowest BCUT2D eigenvalue weighted by Crippen LogP contribution is -3.17. The maximum absolute atomic E-state index is 8.81. The van der Waals surface area contributed by atoms with Crippen LogP contribution in [0.1, 0.15) is 68.2 Å². The zero-order valence-electron chi connectivity index (χ0n) is 18.6. The highest BCUT2D eigenvalue weighted by Gasteiger charge is 2.16. The molecule has 7 nitrogen and oxygen atoms in total. The summed E-state index contributed by atoms with van der Waals surface area (Å²) in [6, 6.07) is 6.89. The van der Waals surface area contributed by atoms with Gasteiger partial charge in [-0.3, -0.25) is 0 Å². The van der Waals surface area contributed by atoms with Gasteiger partial charge in [0.15, 0.2) is 0 Å². The number of nitrogens with zero attached hydrogens (tertiary/aromatic N) is 2. The Bertz CT molecular complexity index is 348. The van der Waals surface area contributed by atoms with Gasteiger partial charge in [-0.2, -0.15) is 10.5 Å². The van der Waals surface area contributed by atoms with Crippen molar-refractivity contribution >= 4 is 8.53 Å². The number of hydrogen-bond acceptors (Lipinski definition) is 5. The molecule has 4 N–H and O–H groups in total. The van der Waals surface area contributed by atoms with Crippen LogP contribution in [0.5, 0.6) is 0 Å². The Morgan fingerprint density at radius 2 is 0.893 bits per heavy atom. The molecule has 28 heavy (non-hydrogen) atoms. The fourth-order valence-electron chi connectivity index (χ4n) is 2.89. The molecule has 170 valence electrons. The van der Waals surface area contributed by atoms with Crippen molar-refractivity contribution in [2.24, 2.45) is 5.50 Å². The minimum Gasteiger partial charge on any atom is -1.00 e. The molecule has 0 saturated carbocycles. The second-order valence-electron chi connectivity index (χ2n) is 7.37. The molecular formula is C18H40Cl2N5O2P-2. The van der Waals surface area contributed by atoms with Crippen LogP contribution in [0, 0.1) is 22.7 Å². The largest absolute Gasteiger partial charge is 1.00 e. The van der Waals surface area contributed by atoms with E-state index in [0.717, 1.165) is 13.1 Å². The van der Waals surface area contributed by atoms with Crippen molar-refractivity contribution in [1.82, 2.24) is 0 Å². The third-order valence-electron chi connectivity index (χ3n) is 4.02. The summed E-state index contributed by atoms with van der Waals surface area (Å²) in [6.45, 7) is 19.6. The Hall–Kier alpha value is -0.210. The molecule has 0 saturated heterocycles. The lowest BCUT2D eigenvalue weighted by Gasteiger charge is -2.26. The Labute approximate surface area is 186 Å². The molecule has 0 aromatic rings. The van der Waals surface area contributed by atoms with Crippen molar-refractivity contribution in [2.75, 3.05) is 13.1 Å². The van der Waals surface area contributed by atoms with E-state index in [1.165, 1.54) is 9.80 Å². The zero-order valence-corrected chi connectivity index (χ0v) is 21.0. The van der Waals surface area contributed by atoms with Gasteiger partial charge in [-0.1, -0.05) is 0 Å². The van der Waals surface area contributed by atoms with E-state index in [-0.39, 0.29) is 24.8 Å². The summed E-state index contributed by atoms with van der Waals surface area (Å²) < 4.78 is 0. The summed E-state index contributed by atoms with van der Waals surface area (Å²) in [5.41, 5.74) is 4.06. The summed E-state index contributed by atoms with van der Waals surface area (Å²) in [4.78, 5) is 20.7. The van der Waals surface area contributed by atoms with E-state index in [9.17, 15) is 0 Å². The van der Waals surface area contributed by atoms with Crippen LogP contribution < -0.4 is 49.9 Å². The molecule has 0 spiro atoms. The monoisotopic (exact) mass is 459 g/mol. The van der Waals surface area contributed by atoms with Gasteiger partial charge in [0.05, 0.1) is 62.2 Å². The fourth-order valence-corrected chi connectivity index (χ4v) is 2.89. The highest BCUT2D eigenvalue weighted by Crippen LogP contribution is 1.86. The lowest BCUT2D eigenvalue weighted by molar-refractivity contribution is -0.941. The third-order valence-corrected chi connectivity index (χ3v) is 4.02. The summed E-state index contributed by atoms with van der Waals surface area (Å²) in [7, 11) is -2.62. The Morgan fingerprint density at radius 3 is 1.00 bits per heavy atom. The van der Waals surface area contributed by atoms with Crippen LogP contribution in [-0.4, -0.2) is 37.3 Å². The number of nitrogens with two attached hydrogens (primary N) is 1. The molecule has 10 heteroatoms. The molecule has 0 amide bonds. The maximum Gasteiger partial charge on any atom is 0.0906 e. The molecule has 0 heterocycles. The van der Waals surface area contributed by atoms with Crippen LogP contribution in [0.25, 0.3) is 0 Å². The van der Waals surface area contributed by atoms with Gasteiger partial charge in [-0.15, -0.1) is 0 Å². The quantitative estimate of drug-likeness (QED) is 0.310. The van der Waals surface area contributed by atoms with Crippen LogP contribution in [-0.2, 0) is 0 Å². The van der Waals surface area contributed by atoms with Crippen LogP contribution >= 0.6 is 8.53 Å². The standard InChI is InChI=1S/2C9H18N2.2ClH.H2NO2P/c2*1-8(2)11(9(3)4)7-5-6-10;;;1-4(2)3/h2*8-9H,5,7H2,1-4H3;2*1H;1H2/q;;;;-2. The predicted molar refractivity (Wildman–Crippen MR) is 104 cm³/mol. The van der Waals surface area contributed by atoms with Gasteiger partial charge in [-0.25, -0.2) is 8.53 Å². The summed E-state index contributed by atoms with van der Waals surface area (Å²) >= 11 is 0. The first-order valence-corrected chi connectivity index (χ1v) is 10.5. The van der Waals surface area contributed by atoms with Crippen LogP contribution in [0.4, 0.5) is 0 Å². The van der Waals surface area contributed by atoms with Crippen molar-refractivity contribution in [2.45, 2.75) is 92.4 Å². The normalized spacial score (nSPS) is 10.0. The second-order valence-corrected chi connectivity index (χ2v) is 7.94. The van der Waals surface area contributed by atoms with Crippen molar-refractivity contribution in [3.8, 4) is 12.1 Å². The molecule has 0 aliphatic heterocycles. The van der Waals surface area contributed by atoms with E-state index in [4.69, 9.17) is 20.3 Å². The van der Waals surface area contributed by atoms with E-state index in [1.807, 2.05) is 0 Å². The van der Waals surface area contributed by atoms with Crippen LogP contribution in [0.2, 0.25) is 0 Å². The summed E-state index contributed by atoms with van der Waals surface area (Å²) in [5.74, 6) is 0. The summed E-state index contributed by atoms with van der Waals surface area (Å²) in [5, 5.41) is 16.8. The van der Waals surface area contributed by atoms with Gasteiger partial charge in [-0.05, 0) is 55.4 Å². The highest BCUT2D eigenvalue weighted by molar-refractivity contribution is 7.39. The third kappa shape index (κ3) is 28.0. The molecule has 0 rings (SSSR count). The molecule has 0 aliphatic carbocycles. The molecule has 0 atom stereocenters. The Morgan fingerprint density at radius 1 is 0.714 bits per heavy atom. The predicted octanol–water partition coefficient (Wildman–Crippen LogP) is -6.90. The molecule has 0 radical (unpaired) electrons. The fraction of sp³-hybridized carbons (Fsp3) is 0.889. The van der Waals surface area contributed by atoms with Gasteiger partial charge in [0.2, 0.25) is 0 Å². The van der Waals surface area contributed by atoms with E-state index in [1.54, 1.807) is 0 Å². The molecule has 0 unspecified atom stereocenters. The Kier molecular flexibility index (Phi) is 34.1. The van der Waals surface area contributed by atoms with Crippen LogP contribution in [0.3, 0.4) is 0 Å². The number of rotatable bonds is 8. The summed E-state index contributed by atoms with van der Waals surface area (Å²) in [6.07, 6.45) is 1.34. The van der Waals surface area contributed by atoms with E-state index < -0.39 is 8.53 Å². The molecule has 0 fully saturated rings. The van der Waals surface area contributed by atoms with E-state index in [2.05, 4.69) is 73.0 Å². The minimum atomic E-state index is -2.62. The number of quaternary nitrogens is 2. The average Bonchev–Trinajstić information content (AvgIpc) is 2.46. The molecule has 0 aliphatic rings. The van der Waals surface area contributed by atoms with Crippen molar-refractivity contribution < 1.29 is 44.4 Å². The molecule has 0 aromatic carbocycles. The van der Waals surface area contributed by atoms with E-state index >= 15 is 0 Å². The lowest BCUT2D eigenvalue weighted by atomic mass is 10.2. The number of halogens is 2. The first-order valence-electron chi connectivity index (χ1n) is 9.26. The van der Waals surface area contributed by atoms with Gasteiger partial charge in [0, 0.05) is 0 Å². The topological polar surface area (TPSA) is 129 Å². The van der Waals surface area contributed by atoms with Gasteiger partial charge in [0.1, 0.15) is 0 Å².